The van der Waals surface area contributed by atoms with E-state index < -0.39 is 0 Å². The fraction of sp³-hybridized carbons (Fsp3) is 0.0870. The Kier molecular flexibility index (Phi) is 6.41. The van der Waals surface area contributed by atoms with E-state index in [0.717, 1.165) is 42.4 Å². The smallest absolute Gasteiger partial charge is 0.183 e. The first-order valence-electron chi connectivity index (χ1n) is 9.06. The highest BCUT2D eigenvalue weighted by Crippen LogP contribution is 2.35. The summed E-state index contributed by atoms with van der Waals surface area (Å²) in [6.45, 7) is 0.610. The number of hydrogen-bond acceptors (Lipinski definition) is 3. The summed E-state index contributed by atoms with van der Waals surface area (Å²) in [6, 6.07) is 23.4. The van der Waals surface area contributed by atoms with E-state index in [1.807, 2.05) is 72.8 Å². The van der Waals surface area contributed by atoms with Gasteiger partial charge in [-0.05, 0) is 35.4 Å². The molecule has 3 aromatic carbocycles. The molecule has 146 valence electrons. The average molecular weight is 460 g/mol. The van der Waals surface area contributed by atoms with Crippen molar-refractivity contribution >= 4 is 51.3 Å². The summed E-state index contributed by atoms with van der Waals surface area (Å²) in [6.07, 6.45) is 0.711. The normalized spacial score (nSPS) is 10.9. The number of nitrogens with one attached hydrogen (secondary N) is 1. The van der Waals surface area contributed by atoms with Gasteiger partial charge in [0.25, 0.3) is 0 Å². The van der Waals surface area contributed by atoms with Gasteiger partial charge in [0.15, 0.2) is 5.13 Å². The van der Waals surface area contributed by atoms with Gasteiger partial charge in [-0.15, -0.1) is 11.3 Å². The lowest BCUT2D eigenvalue weighted by molar-refractivity contribution is 1.13. The van der Waals surface area contributed by atoms with Crippen LogP contribution in [-0.2, 0) is 13.0 Å². The lowest BCUT2D eigenvalue weighted by Gasteiger charge is -2.05. The van der Waals surface area contributed by atoms with E-state index in [0.29, 0.717) is 18.0 Å². The molecule has 4 aromatic rings. The second-order valence-corrected chi connectivity index (χ2v) is 8.85. The summed E-state index contributed by atoms with van der Waals surface area (Å²) < 4.78 is 0. The number of anilines is 1. The van der Waals surface area contributed by atoms with Crippen molar-refractivity contribution in [2.75, 3.05) is 5.32 Å². The molecular formula is C23H17Cl3N2S. The molecule has 0 fully saturated rings. The summed E-state index contributed by atoms with van der Waals surface area (Å²) in [4.78, 5) is 6.00. The van der Waals surface area contributed by atoms with E-state index in [1.54, 1.807) is 11.3 Å². The van der Waals surface area contributed by atoms with Gasteiger partial charge in [-0.3, -0.25) is 0 Å². The van der Waals surface area contributed by atoms with Crippen molar-refractivity contribution in [3.8, 4) is 11.3 Å². The molecule has 0 amide bonds. The van der Waals surface area contributed by atoms with E-state index in [4.69, 9.17) is 39.8 Å². The van der Waals surface area contributed by atoms with E-state index in [9.17, 15) is 0 Å². The summed E-state index contributed by atoms with van der Waals surface area (Å²) in [5, 5.41) is 6.45. The van der Waals surface area contributed by atoms with Crippen molar-refractivity contribution in [2.24, 2.45) is 0 Å². The number of aromatic nitrogens is 1. The molecule has 2 nitrogen and oxygen atoms in total. The maximum absolute atomic E-state index is 6.40. The first-order valence-corrected chi connectivity index (χ1v) is 11.0. The third kappa shape index (κ3) is 4.93. The quantitative estimate of drug-likeness (QED) is 0.316. The van der Waals surface area contributed by atoms with Gasteiger partial charge in [0.05, 0.1) is 5.69 Å². The topological polar surface area (TPSA) is 24.9 Å². The zero-order valence-electron chi connectivity index (χ0n) is 15.3. The molecule has 0 saturated heterocycles. The highest BCUT2D eigenvalue weighted by atomic mass is 35.5. The zero-order chi connectivity index (χ0) is 20.2. The molecule has 6 heteroatoms. The maximum atomic E-state index is 6.40. The van der Waals surface area contributed by atoms with Gasteiger partial charge in [0.2, 0.25) is 0 Å². The molecule has 1 N–H and O–H groups in total. The van der Waals surface area contributed by atoms with Crippen LogP contribution in [0.4, 0.5) is 5.13 Å². The van der Waals surface area contributed by atoms with Gasteiger partial charge in [-0.25, -0.2) is 4.98 Å². The molecule has 1 heterocycles. The van der Waals surface area contributed by atoms with Crippen molar-refractivity contribution in [3.05, 3.63) is 104 Å². The predicted molar refractivity (Wildman–Crippen MR) is 126 cm³/mol. The lowest BCUT2D eigenvalue weighted by Crippen LogP contribution is -1.99. The molecule has 0 radical (unpaired) electrons. The Bertz CT molecular complexity index is 1120. The highest BCUT2D eigenvalue weighted by molar-refractivity contribution is 7.16. The number of halogens is 3. The predicted octanol–water partition coefficient (Wildman–Crippen LogP) is 7.97. The van der Waals surface area contributed by atoms with Crippen LogP contribution >= 0.6 is 46.1 Å². The van der Waals surface area contributed by atoms with Crippen molar-refractivity contribution in [2.45, 2.75) is 13.0 Å². The van der Waals surface area contributed by atoms with Crippen LogP contribution in [0.3, 0.4) is 0 Å². The van der Waals surface area contributed by atoms with E-state index >= 15 is 0 Å². The van der Waals surface area contributed by atoms with Crippen LogP contribution in [-0.4, -0.2) is 4.98 Å². The van der Waals surface area contributed by atoms with Crippen LogP contribution in [0.5, 0.6) is 0 Å². The summed E-state index contributed by atoms with van der Waals surface area (Å²) in [5.41, 5.74) is 4.07. The van der Waals surface area contributed by atoms with Crippen molar-refractivity contribution in [1.82, 2.24) is 4.98 Å². The Labute approximate surface area is 189 Å². The van der Waals surface area contributed by atoms with Crippen molar-refractivity contribution in [1.29, 1.82) is 0 Å². The third-order valence-electron chi connectivity index (χ3n) is 4.51. The van der Waals surface area contributed by atoms with Gasteiger partial charge >= 0.3 is 0 Å². The zero-order valence-corrected chi connectivity index (χ0v) is 18.4. The minimum atomic E-state index is 0.610. The number of rotatable bonds is 6. The van der Waals surface area contributed by atoms with E-state index in [2.05, 4.69) is 5.32 Å². The molecule has 0 aliphatic carbocycles. The minimum absolute atomic E-state index is 0.610. The fourth-order valence-corrected chi connectivity index (χ4v) is 4.54. The van der Waals surface area contributed by atoms with Crippen LogP contribution in [0.15, 0.2) is 72.8 Å². The van der Waals surface area contributed by atoms with Crippen molar-refractivity contribution in [3.63, 3.8) is 0 Å². The van der Waals surface area contributed by atoms with Gasteiger partial charge < -0.3 is 5.32 Å². The monoisotopic (exact) mass is 458 g/mol. The number of thiazole rings is 1. The van der Waals surface area contributed by atoms with Gasteiger partial charge in [-0.1, -0.05) is 83.3 Å². The number of benzene rings is 3. The Morgan fingerprint density at radius 1 is 0.759 bits per heavy atom. The average Bonchev–Trinajstić information content (AvgIpc) is 3.12. The molecule has 0 atom stereocenters. The Hall–Kier alpha value is -2.04. The molecular weight excluding hydrogens is 443 g/mol. The first-order chi connectivity index (χ1) is 14.1. The minimum Gasteiger partial charge on any atom is -0.357 e. The molecule has 0 aliphatic heterocycles. The molecule has 0 saturated carbocycles. The lowest BCUT2D eigenvalue weighted by atomic mass is 10.1. The SMILES string of the molecule is Clc1ccc(-c2nc(NCc3ccccc3Cl)sc2Cc2ccccc2Cl)cc1. The van der Waals surface area contributed by atoms with E-state index in [-0.39, 0.29) is 0 Å². The number of hydrogen-bond donors (Lipinski definition) is 1. The summed E-state index contributed by atoms with van der Waals surface area (Å²) in [7, 11) is 0. The second kappa shape index (κ2) is 9.19. The van der Waals surface area contributed by atoms with E-state index in [1.165, 1.54) is 0 Å². The molecule has 1 aromatic heterocycles. The van der Waals surface area contributed by atoms with Crippen LogP contribution < -0.4 is 5.32 Å². The Morgan fingerprint density at radius 2 is 1.38 bits per heavy atom. The Morgan fingerprint density at radius 3 is 2.03 bits per heavy atom. The van der Waals surface area contributed by atoms with Crippen LogP contribution in [0.25, 0.3) is 11.3 Å². The molecule has 0 unspecified atom stereocenters. The second-order valence-electron chi connectivity index (χ2n) is 6.51. The van der Waals surface area contributed by atoms with Crippen LogP contribution in [0.1, 0.15) is 16.0 Å². The first kappa shape index (κ1) is 20.2. The molecule has 0 aliphatic rings. The maximum Gasteiger partial charge on any atom is 0.183 e. The molecule has 4 rings (SSSR count). The van der Waals surface area contributed by atoms with Crippen LogP contribution in [0.2, 0.25) is 15.1 Å². The molecule has 0 bridgehead atoms. The summed E-state index contributed by atoms with van der Waals surface area (Å²) >= 11 is 20.4. The molecule has 29 heavy (non-hydrogen) atoms. The highest BCUT2D eigenvalue weighted by Gasteiger charge is 2.15. The fourth-order valence-electron chi connectivity index (χ4n) is 3.01. The Balaban J connectivity index is 1.65. The van der Waals surface area contributed by atoms with Crippen molar-refractivity contribution < 1.29 is 0 Å². The van der Waals surface area contributed by atoms with Gasteiger partial charge in [-0.2, -0.15) is 0 Å². The summed E-state index contributed by atoms with van der Waals surface area (Å²) in [5.74, 6) is 0. The molecule has 0 spiro atoms. The van der Waals surface area contributed by atoms with Crippen LogP contribution in [0, 0.1) is 0 Å². The van der Waals surface area contributed by atoms with Gasteiger partial charge in [0.1, 0.15) is 0 Å². The van der Waals surface area contributed by atoms with Gasteiger partial charge in [0, 0.05) is 38.5 Å². The number of nitrogens with zero attached hydrogens (tertiary/aromatic N) is 1. The standard InChI is InChI=1S/C23H17Cl3N2S/c24-18-11-9-15(10-12-18)22-21(13-16-5-1-3-7-19(16)25)29-23(28-22)27-14-17-6-2-4-8-20(17)26/h1-12H,13-14H2,(H,27,28). The largest absolute Gasteiger partial charge is 0.357 e. The third-order valence-corrected chi connectivity index (χ3v) is 6.51.